The van der Waals surface area contributed by atoms with Crippen molar-refractivity contribution in [1.82, 2.24) is 24.5 Å². The summed E-state index contributed by atoms with van der Waals surface area (Å²) < 4.78 is 6.89. The van der Waals surface area contributed by atoms with Gasteiger partial charge in [-0.3, -0.25) is 0 Å². The second-order valence-electron chi connectivity index (χ2n) is 3.10. The molecule has 90 valence electrons. The third-order valence-electron chi connectivity index (χ3n) is 1.96. The van der Waals surface area contributed by atoms with Gasteiger partial charge in [0.15, 0.2) is 5.16 Å². The zero-order valence-corrected chi connectivity index (χ0v) is 10.5. The number of ether oxygens (including phenoxy) is 1. The first-order chi connectivity index (χ1) is 8.22. The van der Waals surface area contributed by atoms with E-state index in [-0.39, 0.29) is 6.01 Å². The van der Waals surface area contributed by atoms with Crippen LogP contribution in [0.4, 0.5) is 5.95 Å². The second-order valence-corrected chi connectivity index (χ2v) is 4.04. The Labute approximate surface area is 103 Å². The van der Waals surface area contributed by atoms with Crippen LogP contribution >= 0.6 is 11.8 Å². The van der Waals surface area contributed by atoms with Crippen LogP contribution in [0.15, 0.2) is 22.7 Å². The fourth-order valence-electron chi connectivity index (χ4n) is 1.12. The van der Waals surface area contributed by atoms with Gasteiger partial charge in [-0.1, -0.05) is 0 Å². The standard InChI is InChI=1S/C9H12N6OS/c1-10-6-12-7(16-3)14-8(13-6)17-9-11-4-5-15(9)2/h4-5H,1-3H3,(H,10,12,13,14). The Kier molecular flexibility index (Phi) is 3.43. The number of imidazole rings is 1. The molecule has 0 aliphatic heterocycles. The molecular formula is C9H12N6OS. The van der Waals surface area contributed by atoms with Crippen molar-refractivity contribution in [1.29, 1.82) is 0 Å². The van der Waals surface area contributed by atoms with Crippen molar-refractivity contribution in [2.75, 3.05) is 19.5 Å². The third kappa shape index (κ3) is 2.64. The van der Waals surface area contributed by atoms with E-state index in [4.69, 9.17) is 4.74 Å². The highest BCUT2D eigenvalue weighted by molar-refractivity contribution is 7.99. The monoisotopic (exact) mass is 252 g/mol. The van der Waals surface area contributed by atoms with E-state index in [1.165, 1.54) is 18.9 Å². The van der Waals surface area contributed by atoms with Crippen LogP contribution in [0.3, 0.4) is 0 Å². The highest BCUT2D eigenvalue weighted by Gasteiger charge is 2.09. The second kappa shape index (κ2) is 5.00. The Morgan fingerprint density at radius 2 is 2.18 bits per heavy atom. The topological polar surface area (TPSA) is 77.8 Å². The number of aryl methyl sites for hydroxylation is 1. The van der Waals surface area contributed by atoms with Crippen LogP contribution in [0.2, 0.25) is 0 Å². The fraction of sp³-hybridized carbons (Fsp3) is 0.333. The molecule has 2 rings (SSSR count). The Hall–Kier alpha value is -1.83. The number of nitrogens with zero attached hydrogens (tertiary/aromatic N) is 5. The van der Waals surface area contributed by atoms with E-state index in [0.717, 1.165) is 5.16 Å². The summed E-state index contributed by atoms with van der Waals surface area (Å²) in [5, 5.41) is 4.20. The van der Waals surface area contributed by atoms with Gasteiger partial charge in [0.05, 0.1) is 7.11 Å². The molecule has 0 radical (unpaired) electrons. The maximum absolute atomic E-state index is 5.00. The maximum atomic E-state index is 5.00. The minimum Gasteiger partial charge on any atom is -0.467 e. The third-order valence-corrected chi connectivity index (χ3v) is 2.90. The average Bonchev–Trinajstić information content (AvgIpc) is 2.74. The largest absolute Gasteiger partial charge is 0.467 e. The van der Waals surface area contributed by atoms with Gasteiger partial charge in [0.1, 0.15) is 0 Å². The molecule has 1 N–H and O–H groups in total. The molecule has 0 spiro atoms. The molecule has 2 heterocycles. The van der Waals surface area contributed by atoms with Gasteiger partial charge in [-0.25, -0.2) is 4.98 Å². The number of nitrogens with one attached hydrogen (secondary N) is 1. The minimum absolute atomic E-state index is 0.279. The molecule has 0 amide bonds. The molecule has 0 bridgehead atoms. The van der Waals surface area contributed by atoms with E-state index in [2.05, 4.69) is 25.3 Å². The van der Waals surface area contributed by atoms with Crippen LogP contribution in [-0.4, -0.2) is 38.7 Å². The summed E-state index contributed by atoms with van der Waals surface area (Å²) in [6.45, 7) is 0. The molecule has 0 aliphatic carbocycles. The summed E-state index contributed by atoms with van der Waals surface area (Å²) in [5.41, 5.74) is 0. The van der Waals surface area contributed by atoms with Crippen LogP contribution in [0.5, 0.6) is 6.01 Å². The van der Waals surface area contributed by atoms with Crippen LogP contribution in [0, 0.1) is 0 Å². The van der Waals surface area contributed by atoms with Crippen LogP contribution < -0.4 is 10.1 Å². The number of rotatable bonds is 4. The van der Waals surface area contributed by atoms with Crippen molar-refractivity contribution in [3.8, 4) is 6.01 Å². The molecule has 0 aromatic carbocycles. The van der Waals surface area contributed by atoms with E-state index < -0.39 is 0 Å². The lowest BCUT2D eigenvalue weighted by Gasteiger charge is -2.04. The zero-order valence-electron chi connectivity index (χ0n) is 9.71. The van der Waals surface area contributed by atoms with Gasteiger partial charge in [-0.05, 0) is 11.8 Å². The number of aromatic nitrogens is 5. The first-order valence-corrected chi connectivity index (χ1v) is 5.67. The highest BCUT2D eigenvalue weighted by Crippen LogP contribution is 2.24. The summed E-state index contributed by atoms with van der Waals surface area (Å²) in [6, 6.07) is 0.279. The van der Waals surface area contributed by atoms with Crippen molar-refractivity contribution in [2.45, 2.75) is 10.3 Å². The lowest BCUT2D eigenvalue weighted by molar-refractivity contribution is 0.373. The molecule has 17 heavy (non-hydrogen) atoms. The van der Waals surface area contributed by atoms with E-state index >= 15 is 0 Å². The Balaban J connectivity index is 2.29. The molecule has 0 unspecified atom stereocenters. The van der Waals surface area contributed by atoms with Gasteiger partial charge in [-0.2, -0.15) is 15.0 Å². The van der Waals surface area contributed by atoms with Gasteiger partial charge >= 0.3 is 6.01 Å². The SMILES string of the molecule is CNc1nc(OC)nc(Sc2nccn2C)n1. The number of methoxy groups -OCH3 is 1. The van der Waals surface area contributed by atoms with Crippen molar-refractivity contribution in [3.63, 3.8) is 0 Å². The van der Waals surface area contributed by atoms with Crippen molar-refractivity contribution >= 4 is 17.7 Å². The summed E-state index contributed by atoms with van der Waals surface area (Å²) in [7, 11) is 5.17. The van der Waals surface area contributed by atoms with Gasteiger partial charge < -0.3 is 14.6 Å². The summed E-state index contributed by atoms with van der Waals surface area (Å²) in [6.07, 6.45) is 3.58. The molecule has 0 fully saturated rings. The van der Waals surface area contributed by atoms with Gasteiger partial charge in [0, 0.05) is 26.5 Å². The highest BCUT2D eigenvalue weighted by atomic mass is 32.2. The lowest BCUT2D eigenvalue weighted by atomic mass is 10.9. The number of hydrogen-bond acceptors (Lipinski definition) is 7. The van der Waals surface area contributed by atoms with Crippen molar-refractivity contribution in [2.24, 2.45) is 7.05 Å². The predicted molar refractivity (Wildman–Crippen MR) is 63.3 cm³/mol. The van der Waals surface area contributed by atoms with E-state index in [1.807, 2.05) is 17.8 Å². The minimum atomic E-state index is 0.279. The summed E-state index contributed by atoms with van der Waals surface area (Å²) in [5.74, 6) is 0.466. The first-order valence-electron chi connectivity index (χ1n) is 4.86. The van der Waals surface area contributed by atoms with E-state index in [0.29, 0.717) is 11.1 Å². The van der Waals surface area contributed by atoms with E-state index in [1.54, 1.807) is 13.2 Å². The van der Waals surface area contributed by atoms with Crippen molar-refractivity contribution in [3.05, 3.63) is 12.4 Å². The summed E-state index contributed by atoms with van der Waals surface area (Å²) >= 11 is 1.35. The smallest absolute Gasteiger partial charge is 0.321 e. The molecule has 7 nitrogen and oxygen atoms in total. The lowest BCUT2D eigenvalue weighted by Crippen LogP contribution is -2.03. The quantitative estimate of drug-likeness (QED) is 0.862. The average molecular weight is 252 g/mol. The zero-order chi connectivity index (χ0) is 12.3. The van der Waals surface area contributed by atoms with Gasteiger partial charge in [0.25, 0.3) is 0 Å². The molecule has 0 saturated heterocycles. The molecule has 0 atom stereocenters. The maximum Gasteiger partial charge on any atom is 0.321 e. The Morgan fingerprint density at radius 1 is 1.35 bits per heavy atom. The van der Waals surface area contributed by atoms with Crippen molar-refractivity contribution < 1.29 is 4.74 Å². The Bertz CT molecular complexity index is 492. The normalized spacial score (nSPS) is 10.3. The van der Waals surface area contributed by atoms with Crippen LogP contribution in [-0.2, 0) is 7.05 Å². The first kappa shape index (κ1) is 11.6. The molecule has 2 aromatic heterocycles. The molecule has 0 saturated carbocycles. The number of anilines is 1. The Morgan fingerprint density at radius 3 is 2.76 bits per heavy atom. The predicted octanol–water partition coefficient (Wildman–Crippen LogP) is 0.807. The molecular weight excluding hydrogens is 240 g/mol. The van der Waals surface area contributed by atoms with E-state index in [9.17, 15) is 0 Å². The molecule has 0 aliphatic rings. The van der Waals surface area contributed by atoms with Gasteiger partial charge in [0.2, 0.25) is 11.1 Å². The summed E-state index contributed by atoms with van der Waals surface area (Å²) in [4.78, 5) is 16.6. The number of hydrogen-bond donors (Lipinski definition) is 1. The molecule has 8 heteroatoms. The van der Waals surface area contributed by atoms with Crippen LogP contribution in [0.1, 0.15) is 0 Å². The van der Waals surface area contributed by atoms with Gasteiger partial charge in [-0.15, -0.1) is 0 Å². The molecule has 2 aromatic rings. The van der Waals surface area contributed by atoms with Crippen LogP contribution in [0.25, 0.3) is 0 Å². The fourth-order valence-corrected chi connectivity index (χ4v) is 1.86.